The molecule has 0 aromatic heterocycles. The first-order valence-corrected chi connectivity index (χ1v) is 0. The first-order chi connectivity index (χ1) is 0. The Hall–Kier alpha value is 1.31. The van der Waals surface area contributed by atoms with Crippen LogP contribution in [0, 0.1) is 0 Å². The molecule has 4 heavy (non-hydrogen) atoms. The van der Waals surface area contributed by atoms with Crippen molar-refractivity contribution in [3.63, 3.8) is 0 Å². The van der Waals surface area contributed by atoms with E-state index in [0.717, 1.165) is 0 Å². The van der Waals surface area contributed by atoms with Crippen LogP contribution in [-0.4, -0.2) is 35.0 Å². The maximum absolute atomic E-state index is 0. The average Bonchev–Trinajstić information content (AvgIpc) is 0. The van der Waals surface area contributed by atoms with Crippen molar-refractivity contribution in [3.8, 4) is 0 Å². The van der Waals surface area contributed by atoms with Gasteiger partial charge in [-0.15, -0.1) is 0 Å². The van der Waals surface area contributed by atoms with E-state index in [-0.39, 0.29) is 56.0 Å². The second-order valence-corrected chi connectivity index (χ2v) is 0. The van der Waals surface area contributed by atoms with Crippen molar-refractivity contribution < 1.29 is 5.48 Å². The summed E-state index contributed by atoms with van der Waals surface area (Å²) in [5.74, 6) is 0. The molecule has 0 unspecified atom stereocenters. The second kappa shape index (κ2) is 27.5. The number of hydrogen-bond acceptors (Lipinski definition) is 0. The van der Waals surface area contributed by atoms with Gasteiger partial charge in [-0.1, -0.05) is 7.43 Å². The van der Waals surface area contributed by atoms with Crippen molar-refractivity contribution in [3.05, 3.63) is 0 Å². The summed E-state index contributed by atoms with van der Waals surface area (Å²) < 4.78 is 0. The van der Waals surface area contributed by atoms with Crippen LogP contribution in [0.25, 0.3) is 0 Å². The summed E-state index contributed by atoms with van der Waals surface area (Å²) in [5.41, 5.74) is 0. The molecule has 0 heterocycles. The van der Waals surface area contributed by atoms with Crippen LogP contribution in [0.4, 0.5) is 0 Å². The van der Waals surface area contributed by atoms with Gasteiger partial charge in [-0.05, 0) is 0 Å². The molecule has 26 valence electrons. The molecular weight excluding hydrogens is 83.1 g/mol. The fraction of sp³-hybridized carbons (Fsp3) is 1.00. The molecule has 0 aromatic rings. The minimum atomic E-state index is 0. The van der Waals surface area contributed by atoms with Crippen LogP contribution in [0.15, 0.2) is 0 Å². The fourth-order valence-electron chi connectivity index (χ4n) is 0. The normalized spacial score (nSPS) is 0. The van der Waals surface area contributed by atoms with Gasteiger partial charge in [-0.3, -0.25) is 0 Å². The number of hydrogen-bond donors (Lipinski definition) is 0. The van der Waals surface area contributed by atoms with Gasteiger partial charge in [0.1, 0.15) is 0 Å². The third kappa shape index (κ3) is 10.3. The molecule has 2 N–H and O–H groups in total. The van der Waals surface area contributed by atoms with E-state index in [4.69, 9.17) is 0 Å². The SMILES string of the molecule is C.O.S.[NaH]. The molecule has 0 bridgehead atoms. The summed E-state index contributed by atoms with van der Waals surface area (Å²) in [6.45, 7) is 0. The van der Waals surface area contributed by atoms with Crippen LogP contribution >= 0.6 is 13.5 Å². The molecule has 0 fully saturated rings. The van der Waals surface area contributed by atoms with Gasteiger partial charge >= 0.3 is 29.6 Å². The first kappa shape index (κ1) is 57.5. The number of rotatable bonds is 0. The third-order valence-corrected chi connectivity index (χ3v) is 0. The Morgan fingerprint density at radius 2 is 1.00 bits per heavy atom. The zero-order chi connectivity index (χ0) is 0. The van der Waals surface area contributed by atoms with Gasteiger partial charge in [0.2, 0.25) is 0 Å². The van der Waals surface area contributed by atoms with Crippen molar-refractivity contribution in [2.75, 3.05) is 0 Å². The van der Waals surface area contributed by atoms with Crippen LogP contribution in [0.2, 0.25) is 0 Å². The van der Waals surface area contributed by atoms with E-state index in [0.29, 0.717) is 0 Å². The van der Waals surface area contributed by atoms with Crippen molar-refractivity contribution in [1.29, 1.82) is 0 Å². The van der Waals surface area contributed by atoms with Gasteiger partial charge in [0.15, 0.2) is 0 Å². The molecule has 0 saturated carbocycles. The summed E-state index contributed by atoms with van der Waals surface area (Å²) in [6, 6.07) is 0. The fourth-order valence-corrected chi connectivity index (χ4v) is 0. The van der Waals surface area contributed by atoms with Crippen LogP contribution in [0.5, 0.6) is 0 Å². The van der Waals surface area contributed by atoms with Crippen molar-refractivity contribution >= 4 is 43.1 Å². The molecule has 0 amide bonds. The van der Waals surface area contributed by atoms with Crippen LogP contribution in [0.3, 0.4) is 0 Å². The Bertz CT molecular complexity index is 8.00. The van der Waals surface area contributed by atoms with Crippen LogP contribution in [-0.2, 0) is 0 Å². The van der Waals surface area contributed by atoms with Crippen molar-refractivity contribution in [2.24, 2.45) is 0 Å². The van der Waals surface area contributed by atoms with Crippen molar-refractivity contribution in [1.82, 2.24) is 0 Å². The molecule has 0 spiro atoms. The van der Waals surface area contributed by atoms with E-state index in [1.807, 2.05) is 0 Å². The second-order valence-electron chi connectivity index (χ2n) is 0. The van der Waals surface area contributed by atoms with Gasteiger partial charge in [0.05, 0.1) is 0 Å². The molecule has 1 nitrogen and oxygen atoms in total. The van der Waals surface area contributed by atoms with Gasteiger partial charge < -0.3 is 5.48 Å². The summed E-state index contributed by atoms with van der Waals surface area (Å²) in [7, 11) is 0. The Kier molecular flexibility index (Phi) is 395. The molecule has 0 aliphatic heterocycles. The van der Waals surface area contributed by atoms with E-state index in [1.54, 1.807) is 0 Å². The predicted octanol–water partition coefficient (Wildman–Crippen LogP) is -0.724. The monoisotopic (exact) mass is 92.0 g/mol. The quantitative estimate of drug-likeness (QED) is 0.353. The van der Waals surface area contributed by atoms with Crippen LogP contribution in [0.1, 0.15) is 7.43 Å². The van der Waals surface area contributed by atoms with E-state index in [9.17, 15) is 0 Å². The average molecular weight is 92.1 g/mol. The summed E-state index contributed by atoms with van der Waals surface area (Å²) in [4.78, 5) is 0. The van der Waals surface area contributed by atoms with Gasteiger partial charge in [-0.2, -0.15) is 13.5 Å². The molecule has 0 aliphatic rings. The molecule has 0 atom stereocenters. The third-order valence-electron chi connectivity index (χ3n) is 0. The molecule has 3 heteroatoms. The van der Waals surface area contributed by atoms with E-state index < -0.39 is 0 Å². The Morgan fingerprint density at radius 1 is 1.00 bits per heavy atom. The Labute approximate surface area is 55.8 Å². The summed E-state index contributed by atoms with van der Waals surface area (Å²) in [6.07, 6.45) is 0. The Balaban J connectivity index is 0. The summed E-state index contributed by atoms with van der Waals surface area (Å²) in [5, 5.41) is 0. The zero-order valence-corrected chi connectivity index (χ0v) is 2.00. The van der Waals surface area contributed by atoms with E-state index >= 15 is 0 Å². The van der Waals surface area contributed by atoms with Gasteiger partial charge in [-0.25, -0.2) is 0 Å². The van der Waals surface area contributed by atoms with E-state index in [2.05, 4.69) is 0 Å². The predicted molar refractivity (Wildman–Crippen MR) is 27.9 cm³/mol. The maximum atomic E-state index is 0. The van der Waals surface area contributed by atoms with Gasteiger partial charge in [0, 0.05) is 0 Å². The molecule has 0 saturated heterocycles. The molecule has 0 aromatic carbocycles. The zero-order valence-electron chi connectivity index (χ0n) is 1.00. The van der Waals surface area contributed by atoms with E-state index in [1.165, 1.54) is 0 Å². The first-order valence-electron chi connectivity index (χ1n) is 0. The minimum absolute atomic E-state index is 0. The molecular formula is CH9NaOS. The van der Waals surface area contributed by atoms with Crippen LogP contribution < -0.4 is 0 Å². The van der Waals surface area contributed by atoms with Crippen molar-refractivity contribution in [2.45, 2.75) is 7.43 Å². The molecule has 0 rings (SSSR count). The molecule has 0 aliphatic carbocycles. The molecule has 0 radical (unpaired) electrons. The Morgan fingerprint density at radius 3 is 1.00 bits per heavy atom. The topological polar surface area (TPSA) is 31.5 Å². The standard InChI is InChI=1S/CH4.Na.H2O.H2S.H/h1H4;;2*1H2;. The van der Waals surface area contributed by atoms with Gasteiger partial charge in [0.25, 0.3) is 0 Å². The summed E-state index contributed by atoms with van der Waals surface area (Å²) >= 11 is 0.